The first-order valence-electron chi connectivity index (χ1n) is 7.69. The summed E-state index contributed by atoms with van der Waals surface area (Å²) < 4.78 is 5.47. The molecule has 3 heteroatoms. The summed E-state index contributed by atoms with van der Waals surface area (Å²) in [6.45, 7) is 10.00. The molecule has 0 N–H and O–H groups in total. The van der Waals surface area contributed by atoms with Crippen molar-refractivity contribution in [2.45, 2.75) is 84.4 Å². The largest absolute Gasteiger partial charge is 0.459 e. The third kappa shape index (κ3) is 5.13. The second-order valence-electron chi connectivity index (χ2n) is 6.96. The third-order valence-corrected chi connectivity index (χ3v) is 4.33. The van der Waals surface area contributed by atoms with Gasteiger partial charge in [0.2, 0.25) is 0 Å². The van der Waals surface area contributed by atoms with Gasteiger partial charge in [-0.15, -0.1) is 0 Å². The number of esters is 1. The van der Waals surface area contributed by atoms with Crippen LogP contribution in [-0.2, 0) is 9.53 Å². The lowest BCUT2D eigenvalue weighted by Crippen LogP contribution is -2.46. The molecule has 1 fully saturated rings. The molecule has 19 heavy (non-hydrogen) atoms. The SMILES string of the molecule is CCC1CCC(N(C)C(C)C(=O)OC(C)(C)C)CC1. The van der Waals surface area contributed by atoms with Crippen LogP contribution in [0.25, 0.3) is 0 Å². The monoisotopic (exact) mass is 269 g/mol. The highest BCUT2D eigenvalue weighted by Gasteiger charge is 2.30. The minimum Gasteiger partial charge on any atom is -0.459 e. The standard InChI is InChI=1S/C16H31NO2/c1-7-13-8-10-14(11-9-13)17(6)12(2)15(18)19-16(3,4)5/h12-14H,7-11H2,1-6H3. The van der Waals surface area contributed by atoms with E-state index >= 15 is 0 Å². The first kappa shape index (κ1) is 16.5. The molecule has 1 aliphatic rings. The highest BCUT2D eigenvalue weighted by atomic mass is 16.6. The molecule has 0 aromatic carbocycles. The van der Waals surface area contributed by atoms with E-state index in [4.69, 9.17) is 4.74 Å². The zero-order valence-electron chi connectivity index (χ0n) is 13.5. The van der Waals surface area contributed by atoms with Gasteiger partial charge >= 0.3 is 5.97 Å². The first-order chi connectivity index (χ1) is 8.74. The van der Waals surface area contributed by atoms with Crippen LogP contribution in [0.2, 0.25) is 0 Å². The van der Waals surface area contributed by atoms with E-state index in [-0.39, 0.29) is 12.0 Å². The molecule has 112 valence electrons. The van der Waals surface area contributed by atoms with Crippen LogP contribution in [-0.4, -0.2) is 35.6 Å². The Bertz CT molecular complexity index is 288. The normalized spacial score (nSPS) is 26.3. The molecular formula is C16H31NO2. The van der Waals surface area contributed by atoms with Gasteiger partial charge in [-0.3, -0.25) is 9.69 Å². The molecule has 0 aromatic rings. The van der Waals surface area contributed by atoms with Crippen LogP contribution in [0.15, 0.2) is 0 Å². The highest BCUT2D eigenvalue weighted by Crippen LogP contribution is 2.29. The van der Waals surface area contributed by atoms with Crippen molar-refractivity contribution >= 4 is 5.97 Å². The molecular weight excluding hydrogens is 238 g/mol. The third-order valence-electron chi connectivity index (χ3n) is 4.33. The minimum absolute atomic E-state index is 0.104. The molecule has 0 heterocycles. The van der Waals surface area contributed by atoms with E-state index in [2.05, 4.69) is 18.9 Å². The number of hydrogen-bond donors (Lipinski definition) is 0. The van der Waals surface area contributed by atoms with Crippen molar-refractivity contribution in [3.05, 3.63) is 0 Å². The van der Waals surface area contributed by atoms with Crippen LogP contribution in [0.1, 0.15) is 66.7 Å². The van der Waals surface area contributed by atoms with E-state index in [9.17, 15) is 4.79 Å². The van der Waals surface area contributed by atoms with Crippen molar-refractivity contribution in [1.29, 1.82) is 0 Å². The molecule has 0 saturated heterocycles. The summed E-state index contributed by atoms with van der Waals surface area (Å²) in [4.78, 5) is 14.3. The van der Waals surface area contributed by atoms with Crippen LogP contribution in [0.3, 0.4) is 0 Å². The maximum Gasteiger partial charge on any atom is 0.323 e. The second kappa shape index (κ2) is 6.74. The lowest BCUT2D eigenvalue weighted by Gasteiger charge is -2.37. The molecule has 1 saturated carbocycles. The zero-order chi connectivity index (χ0) is 14.6. The Morgan fingerprint density at radius 1 is 1.26 bits per heavy atom. The fourth-order valence-corrected chi connectivity index (χ4v) is 2.83. The van der Waals surface area contributed by atoms with Gasteiger partial charge < -0.3 is 4.74 Å². The number of carbonyl (C=O) groups excluding carboxylic acids is 1. The van der Waals surface area contributed by atoms with Crippen molar-refractivity contribution in [3.8, 4) is 0 Å². The molecule has 1 aliphatic carbocycles. The summed E-state index contributed by atoms with van der Waals surface area (Å²) in [5.74, 6) is 0.786. The second-order valence-corrected chi connectivity index (χ2v) is 6.96. The number of rotatable bonds is 4. The van der Waals surface area contributed by atoms with Crippen LogP contribution in [0.5, 0.6) is 0 Å². The van der Waals surface area contributed by atoms with E-state index in [0.29, 0.717) is 6.04 Å². The quantitative estimate of drug-likeness (QED) is 0.730. The van der Waals surface area contributed by atoms with Gasteiger partial charge in [0.25, 0.3) is 0 Å². The molecule has 0 aromatic heterocycles. The van der Waals surface area contributed by atoms with Crippen LogP contribution in [0.4, 0.5) is 0 Å². The van der Waals surface area contributed by atoms with Crippen molar-refractivity contribution in [1.82, 2.24) is 4.90 Å². The van der Waals surface area contributed by atoms with E-state index in [0.717, 1.165) is 5.92 Å². The molecule has 1 unspecified atom stereocenters. The summed E-state index contributed by atoms with van der Waals surface area (Å²) >= 11 is 0. The molecule has 0 bridgehead atoms. The van der Waals surface area contributed by atoms with E-state index in [1.54, 1.807) is 0 Å². The Hall–Kier alpha value is -0.570. The van der Waals surface area contributed by atoms with Gasteiger partial charge in [-0.1, -0.05) is 13.3 Å². The average molecular weight is 269 g/mol. The Balaban J connectivity index is 2.48. The van der Waals surface area contributed by atoms with Crippen LogP contribution >= 0.6 is 0 Å². The maximum atomic E-state index is 12.1. The molecule has 0 spiro atoms. The topological polar surface area (TPSA) is 29.5 Å². The minimum atomic E-state index is -0.397. The lowest BCUT2D eigenvalue weighted by molar-refractivity contribution is -0.161. The molecule has 3 nitrogen and oxygen atoms in total. The van der Waals surface area contributed by atoms with Gasteiger partial charge in [0, 0.05) is 6.04 Å². The predicted molar refractivity (Wildman–Crippen MR) is 79.1 cm³/mol. The number of ether oxygens (including phenoxy) is 1. The van der Waals surface area contributed by atoms with E-state index in [1.165, 1.54) is 32.1 Å². The predicted octanol–water partition coefficient (Wildman–Crippen LogP) is 3.62. The lowest BCUT2D eigenvalue weighted by atomic mass is 9.84. The number of likely N-dealkylation sites (N-methyl/N-ethyl adjacent to an activating group) is 1. The summed E-state index contributed by atoms with van der Waals surface area (Å²) in [7, 11) is 2.06. The number of nitrogens with zero attached hydrogens (tertiary/aromatic N) is 1. The average Bonchev–Trinajstić information content (AvgIpc) is 2.35. The van der Waals surface area contributed by atoms with Crippen molar-refractivity contribution in [2.75, 3.05) is 7.05 Å². The fourth-order valence-electron chi connectivity index (χ4n) is 2.83. The van der Waals surface area contributed by atoms with Gasteiger partial charge in [0.05, 0.1) is 0 Å². The molecule has 1 atom stereocenters. The molecule has 1 rings (SSSR count). The van der Waals surface area contributed by atoms with Gasteiger partial charge in [0.1, 0.15) is 11.6 Å². The molecule has 0 radical (unpaired) electrons. The summed E-state index contributed by atoms with van der Waals surface area (Å²) in [5.41, 5.74) is -0.397. The van der Waals surface area contributed by atoms with E-state index in [1.807, 2.05) is 27.7 Å². The number of hydrogen-bond acceptors (Lipinski definition) is 3. The van der Waals surface area contributed by atoms with Crippen LogP contribution in [0, 0.1) is 5.92 Å². The smallest absolute Gasteiger partial charge is 0.323 e. The van der Waals surface area contributed by atoms with E-state index < -0.39 is 5.60 Å². The van der Waals surface area contributed by atoms with Gasteiger partial charge in [-0.05, 0) is 66.3 Å². The van der Waals surface area contributed by atoms with Gasteiger partial charge in [-0.25, -0.2) is 0 Å². The number of carbonyl (C=O) groups is 1. The first-order valence-corrected chi connectivity index (χ1v) is 7.69. The summed E-state index contributed by atoms with van der Waals surface area (Å²) in [5, 5.41) is 0. The van der Waals surface area contributed by atoms with Crippen molar-refractivity contribution < 1.29 is 9.53 Å². The van der Waals surface area contributed by atoms with Gasteiger partial charge in [-0.2, -0.15) is 0 Å². The Morgan fingerprint density at radius 3 is 2.21 bits per heavy atom. The molecule has 0 amide bonds. The zero-order valence-corrected chi connectivity index (χ0v) is 13.5. The summed E-state index contributed by atoms with van der Waals surface area (Å²) in [6, 6.07) is 0.382. The van der Waals surface area contributed by atoms with Crippen molar-refractivity contribution in [3.63, 3.8) is 0 Å². The summed E-state index contributed by atoms with van der Waals surface area (Å²) in [6.07, 6.45) is 6.31. The highest BCUT2D eigenvalue weighted by molar-refractivity contribution is 5.75. The van der Waals surface area contributed by atoms with Crippen molar-refractivity contribution in [2.24, 2.45) is 5.92 Å². The molecule has 0 aliphatic heterocycles. The Kier molecular flexibility index (Phi) is 5.84. The Labute approximate surface area is 118 Å². The Morgan fingerprint density at radius 2 is 1.79 bits per heavy atom. The maximum absolute atomic E-state index is 12.1. The van der Waals surface area contributed by atoms with Gasteiger partial charge in [0.15, 0.2) is 0 Å². The van der Waals surface area contributed by atoms with Crippen LogP contribution < -0.4 is 0 Å². The fraction of sp³-hybridized carbons (Fsp3) is 0.938.